The maximum absolute atomic E-state index is 16.2. The number of esters is 1. The van der Waals surface area contributed by atoms with Crippen molar-refractivity contribution >= 4 is 87.8 Å². The smallest absolute Gasteiger partial charge is 0.409 e. The number of likely N-dealkylation sites (N-methyl/N-ethyl adjacent to an activating group) is 1. The third-order valence-corrected chi connectivity index (χ3v) is 16.4. The van der Waals surface area contributed by atoms with Crippen molar-refractivity contribution in [3.05, 3.63) is 88.3 Å². The zero-order valence-corrected chi connectivity index (χ0v) is 52.0. The molecule has 4 bridgehead atoms. The van der Waals surface area contributed by atoms with Gasteiger partial charge in [-0.25, -0.2) is 14.0 Å². The molecule has 2 aromatic carbocycles. The summed E-state index contributed by atoms with van der Waals surface area (Å²) in [5.41, 5.74) is 3.35. The molecule has 4 aliphatic rings. The third kappa shape index (κ3) is 17.6. The minimum atomic E-state index is -1.94. The van der Waals surface area contributed by atoms with E-state index >= 15 is 4.39 Å². The van der Waals surface area contributed by atoms with Crippen molar-refractivity contribution in [3.8, 4) is 5.75 Å². The lowest BCUT2D eigenvalue weighted by atomic mass is 9.83. The second kappa shape index (κ2) is 30.2. The topological polar surface area (TPSA) is 334 Å². The SMILES string of the molecule is COc1cc2cc(c1Cl)N(C)C(=O)C[C@H](OC(=O)[C@H](C)N(C)C(=O)c1ccc(NC(=O)[C@H](CCCNC(N)O)NC(=O)[C@@H](NC(=S)NCCCCN3C(=O)C=CC3=O)C(C)C)cc1F)[C@]1(C)O[C@H]1[C@H](C)[C@@H]1C[C@@](O)(NC(=O)O1)[C@H](OC)/C=C/C=C(\C)C2. The number of nitrogens with one attached hydrogen (secondary N) is 6. The van der Waals surface area contributed by atoms with Crippen molar-refractivity contribution < 1.29 is 76.6 Å². The van der Waals surface area contributed by atoms with Gasteiger partial charge >= 0.3 is 12.1 Å². The lowest BCUT2D eigenvalue weighted by Gasteiger charge is -2.42. The second-order valence-corrected chi connectivity index (χ2v) is 23.4. The summed E-state index contributed by atoms with van der Waals surface area (Å²) in [5.74, 6) is -6.46. The molecule has 1 unspecified atom stereocenters. The monoisotopic (exact) mass is 1250 g/mol. The van der Waals surface area contributed by atoms with Crippen LogP contribution in [0.25, 0.3) is 0 Å². The molecule has 476 valence electrons. The number of aliphatic hydroxyl groups excluding tert-OH is 1. The van der Waals surface area contributed by atoms with E-state index in [0.29, 0.717) is 25.8 Å². The first kappa shape index (κ1) is 69.0. The van der Waals surface area contributed by atoms with Crippen molar-refractivity contribution in [3.63, 3.8) is 0 Å². The molecule has 28 heteroatoms. The number of allylic oxidation sites excluding steroid dienone is 3. The van der Waals surface area contributed by atoms with Gasteiger partial charge in [0.15, 0.2) is 17.2 Å². The van der Waals surface area contributed by atoms with Gasteiger partial charge in [-0.1, -0.05) is 56.2 Å². The van der Waals surface area contributed by atoms with Gasteiger partial charge < -0.3 is 65.0 Å². The molecule has 0 spiro atoms. The summed E-state index contributed by atoms with van der Waals surface area (Å²) >= 11 is 12.3. The summed E-state index contributed by atoms with van der Waals surface area (Å²) in [7, 11) is 5.57. The Labute approximate surface area is 515 Å². The Balaban J connectivity index is 1.16. The molecule has 2 aromatic rings. The molecule has 11 atom stereocenters. The van der Waals surface area contributed by atoms with Gasteiger partial charge in [-0.15, -0.1) is 0 Å². The molecule has 2 fully saturated rings. The fourth-order valence-electron chi connectivity index (χ4n) is 10.4. The number of alkyl carbamates (subject to hydrolysis) is 1. The van der Waals surface area contributed by atoms with Crippen molar-refractivity contribution in [2.75, 3.05) is 58.2 Å². The van der Waals surface area contributed by atoms with Crippen LogP contribution in [0.5, 0.6) is 5.75 Å². The third-order valence-electron chi connectivity index (χ3n) is 15.8. The average Bonchev–Trinajstić information content (AvgIpc) is 1.81. The number of carbonyl (C=O) groups excluding carboxylic acids is 8. The first-order valence-electron chi connectivity index (χ1n) is 28.5. The number of halogens is 2. The maximum Gasteiger partial charge on any atom is 0.409 e. The zero-order chi connectivity index (χ0) is 64.2. The van der Waals surface area contributed by atoms with Crippen molar-refractivity contribution in [1.82, 2.24) is 36.4 Å². The summed E-state index contributed by atoms with van der Waals surface area (Å²) in [4.78, 5) is 111. The number of fused-ring (bicyclic) bond motifs is 5. The molecular formula is C59H80ClFN10O15S. The molecule has 0 aliphatic carbocycles. The van der Waals surface area contributed by atoms with Gasteiger partial charge in [0, 0.05) is 64.5 Å². The number of aliphatic hydroxyl groups is 2. The van der Waals surface area contributed by atoms with Crippen LogP contribution in [0.15, 0.2) is 66.3 Å². The van der Waals surface area contributed by atoms with Gasteiger partial charge in [-0.2, -0.15) is 0 Å². The number of anilines is 2. The average molecular weight is 1260 g/mol. The normalized spacial score (nSPS) is 25.3. The molecule has 87 heavy (non-hydrogen) atoms. The summed E-state index contributed by atoms with van der Waals surface area (Å²) in [6, 6.07) is 3.16. The number of benzene rings is 2. The van der Waals surface area contributed by atoms with E-state index in [2.05, 4.69) is 31.9 Å². The minimum Gasteiger partial charge on any atom is -0.495 e. The molecule has 0 radical (unpaired) electrons. The number of methoxy groups -OCH3 is 2. The highest BCUT2D eigenvalue weighted by atomic mass is 35.5. The Morgan fingerprint density at radius 3 is 2.37 bits per heavy atom. The van der Waals surface area contributed by atoms with Crippen LogP contribution in [0.2, 0.25) is 5.02 Å². The number of unbranched alkanes of at least 4 members (excludes halogenated alkanes) is 1. The lowest BCUT2D eigenvalue weighted by Crippen LogP contribution is -2.63. The van der Waals surface area contributed by atoms with E-state index in [1.807, 2.05) is 13.0 Å². The number of imide groups is 1. The number of nitrogens with zero attached hydrogens (tertiary/aromatic N) is 3. The molecule has 2 saturated heterocycles. The lowest BCUT2D eigenvalue weighted by molar-refractivity contribution is -0.158. The summed E-state index contributed by atoms with van der Waals surface area (Å²) < 4.78 is 45.6. The van der Waals surface area contributed by atoms with E-state index in [4.69, 9.17) is 53.2 Å². The van der Waals surface area contributed by atoms with Crippen molar-refractivity contribution in [2.24, 2.45) is 17.6 Å². The number of thiocarbonyl (C=S) groups is 1. The van der Waals surface area contributed by atoms with E-state index in [0.717, 1.165) is 33.1 Å². The number of rotatable bonds is 22. The van der Waals surface area contributed by atoms with Crippen LogP contribution < -0.4 is 47.3 Å². The number of hydrogen-bond donors (Lipinski definition) is 9. The predicted octanol–water partition coefficient (Wildman–Crippen LogP) is 3.19. The van der Waals surface area contributed by atoms with Crippen LogP contribution in [-0.2, 0) is 54.1 Å². The van der Waals surface area contributed by atoms with E-state index < -0.39 is 120 Å². The molecular weight excluding hydrogens is 1180 g/mol. The Kier molecular flexibility index (Phi) is 24.0. The standard InChI is InChI=1S/C59H80ClFN10O15S/c1-31(2)49(67-56(87)64-22-11-12-24-71-45(72)20-21-46(71)73)52(76)66-39(16-14-23-63-55(62)79)51(75)65-36-18-19-37(38(61)28-36)53(77)69(7)34(5)54(78)85-44-29-47(74)70(8)40-26-35(27-41(82-9)48(40)60)25-32(3)15-13-17-43(83-10)59(81)30-42(84-57(80)68-59)33(4)50-58(44,6)86-50/h13,15,17-21,26-28,31,33-34,39,42-44,49-50,55,63,79,81H,11-12,14,16,22-25,29-30,62H2,1-10H3,(H,65,75)(H,66,76)(H,68,80)(H2,64,67,87)/b17-13+,32-15+/t33-,34+,39+,42+,43-,44+,49+,50+,55?,58+,59+/m1/s1. The van der Waals surface area contributed by atoms with Gasteiger partial charge in [0.1, 0.15) is 58.6 Å². The summed E-state index contributed by atoms with van der Waals surface area (Å²) in [6.07, 6.45) is 2.09. The van der Waals surface area contributed by atoms with Crippen LogP contribution in [-0.4, -0.2) is 181 Å². The van der Waals surface area contributed by atoms with Gasteiger partial charge in [-0.3, -0.25) is 50.0 Å². The Bertz CT molecular complexity index is 3010. The maximum atomic E-state index is 16.2. The molecule has 10 N–H and O–H groups in total. The van der Waals surface area contributed by atoms with Crippen LogP contribution in [0.4, 0.5) is 20.6 Å². The van der Waals surface area contributed by atoms with Crippen LogP contribution >= 0.6 is 23.8 Å². The van der Waals surface area contributed by atoms with E-state index in [-0.39, 0.29) is 77.3 Å². The zero-order valence-electron chi connectivity index (χ0n) is 50.4. The largest absolute Gasteiger partial charge is 0.495 e. The molecule has 25 nitrogen and oxygen atoms in total. The van der Waals surface area contributed by atoms with Crippen LogP contribution in [0.1, 0.15) is 96.0 Å². The molecule has 0 saturated carbocycles. The minimum absolute atomic E-state index is 0.0251. The number of amides is 7. The molecule has 7 amide bonds. The van der Waals surface area contributed by atoms with E-state index in [1.165, 1.54) is 58.4 Å². The molecule has 0 aromatic heterocycles. The second-order valence-electron chi connectivity index (χ2n) is 22.6. The number of carbonyl (C=O) groups is 8. The highest BCUT2D eigenvalue weighted by molar-refractivity contribution is 7.80. The summed E-state index contributed by atoms with van der Waals surface area (Å²) in [6.45, 7) is 10.8. The van der Waals surface area contributed by atoms with Crippen molar-refractivity contribution in [2.45, 2.75) is 147 Å². The highest BCUT2D eigenvalue weighted by Crippen LogP contribution is 2.49. The number of ether oxygens (including phenoxy) is 5. The molecule has 4 aliphatic heterocycles. The molecule has 6 rings (SSSR count). The Morgan fingerprint density at radius 1 is 1.02 bits per heavy atom. The van der Waals surface area contributed by atoms with Crippen molar-refractivity contribution in [1.29, 1.82) is 0 Å². The van der Waals surface area contributed by atoms with E-state index in [9.17, 15) is 48.6 Å². The quantitative estimate of drug-likeness (QED) is 0.0204. The Hall–Kier alpha value is -7.11. The predicted molar refractivity (Wildman–Crippen MR) is 322 cm³/mol. The van der Waals surface area contributed by atoms with Gasteiger partial charge in [0.25, 0.3) is 17.7 Å². The van der Waals surface area contributed by atoms with Crippen LogP contribution in [0, 0.1) is 17.7 Å². The molecule has 4 heterocycles. The number of epoxide rings is 1. The number of nitrogens with two attached hydrogens (primary N) is 1. The van der Waals surface area contributed by atoms with Gasteiger partial charge in [0.05, 0.1) is 30.9 Å². The van der Waals surface area contributed by atoms with Crippen LogP contribution in [0.3, 0.4) is 0 Å². The highest BCUT2D eigenvalue weighted by Gasteiger charge is 2.64. The van der Waals surface area contributed by atoms with Gasteiger partial charge in [-0.05, 0) is 113 Å². The first-order chi connectivity index (χ1) is 41.0. The fraction of sp³-hybridized carbons (Fsp3) is 0.542. The Morgan fingerprint density at radius 2 is 1.72 bits per heavy atom. The van der Waals surface area contributed by atoms with E-state index in [1.54, 1.807) is 52.0 Å². The first-order valence-corrected chi connectivity index (χ1v) is 29.3. The number of hydrogen-bond acceptors (Lipinski definition) is 18. The fourth-order valence-corrected chi connectivity index (χ4v) is 11.0. The van der Waals surface area contributed by atoms with Gasteiger partial charge in [0.2, 0.25) is 17.7 Å². The summed E-state index contributed by atoms with van der Waals surface area (Å²) in [5, 5.41) is 38.2.